The lowest BCUT2D eigenvalue weighted by molar-refractivity contribution is 0.0746. The van der Waals surface area contributed by atoms with Gasteiger partial charge in [0.05, 0.1) is 19.9 Å². The van der Waals surface area contributed by atoms with E-state index in [4.69, 9.17) is 9.47 Å². The Bertz CT molecular complexity index is 1110. The van der Waals surface area contributed by atoms with Gasteiger partial charge in [0.2, 0.25) is 10.0 Å². The second-order valence-corrected chi connectivity index (χ2v) is 10.5. The third kappa shape index (κ3) is 5.31. The molecule has 1 saturated heterocycles. The van der Waals surface area contributed by atoms with Gasteiger partial charge < -0.3 is 19.3 Å². The van der Waals surface area contributed by atoms with E-state index in [9.17, 15) is 13.2 Å². The van der Waals surface area contributed by atoms with E-state index >= 15 is 0 Å². The number of carbonyl (C=O) groups is 1. The average molecular weight is 488 g/mol. The Morgan fingerprint density at radius 1 is 0.912 bits per heavy atom. The predicted octanol–water partition coefficient (Wildman–Crippen LogP) is 3.28. The monoisotopic (exact) mass is 487 g/mol. The molecule has 1 N–H and O–H groups in total. The molecule has 0 atom stereocenters. The van der Waals surface area contributed by atoms with Crippen molar-refractivity contribution >= 4 is 21.6 Å². The standard InChI is InChI=1S/C25H33N3O5S/c1-32-22-11-7-6-10-21(22)27-14-16-28(17-15-27)25(29)19-12-13-23(33-2)24(18-19)34(30,31)26-20-8-4-3-5-9-20/h6-7,10-13,18,20,26H,3-5,8-9,14-17H2,1-2H3. The fraction of sp³-hybridized carbons (Fsp3) is 0.480. The summed E-state index contributed by atoms with van der Waals surface area (Å²) in [4.78, 5) is 17.2. The maximum Gasteiger partial charge on any atom is 0.254 e. The molecule has 8 nitrogen and oxygen atoms in total. The van der Waals surface area contributed by atoms with Gasteiger partial charge in [-0.05, 0) is 43.2 Å². The normalized spacial score (nSPS) is 17.5. The minimum Gasteiger partial charge on any atom is -0.495 e. The van der Waals surface area contributed by atoms with E-state index in [1.165, 1.54) is 13.2 Å². The molecular formula is C25H33N3O5S. The van der Waals surface area contributed by atoms with Crippen LogP contribution in [0.1, 0.15) is 42.5 Å². The Morgan fingerprint density at radius 3 is 2.26 bits per heavy atom. The van der Waals surface area contributed by atoms with Crippen LogP contribution in [0.4, 0.5) is 5.69 Å². The van der Waals surface area contributed by atoms with Crippen LogP contribution in [0.5, 0.6) is 11.5 Å². The van der Waals surface area contributed by atoms with Crippen molar-refractivity contribution in [2.75, 3.05) is 45.3 Å². The largest absolute Gasteiger partial charge is 0.495 e. The molecule has 1 aliphatic carbocycles. The van der Waals surface area contributed by atoms with Gasteiger partial charge in [-0.1, -0.05) is 31.4 Å². The summed E-state index contributed by atoms with van der Waals surface area (Å²) in [5.41, 5.74) is 1.35. The molecule has 2 aromatic carbocycles. The van der Waals surface area contributed by atoms with Crippen LogP contribution >= 0.6 is 0 Å². The van der Waals surface area contributed by atoms with E-state index in [1.807, 2.05) is 24.3 Å². The highest BCUT2D eigenvalue weighted by molar-refractivity contribution is 7.89. The summed E-state index contributed by atoms with van der Waals surface area (Å²) in [6, 6.07) is 12.4. The van der Waals surface area contributed by atoms with Crippen molar-refractivity contribution < 1.29 is 22.7 Å². The Labute approximate surface area is 201 Å². The number of methoxy groups -OCH3 is 2. The number of nitrogens with zero attached hydrogens (tertiary/aromatic N) is 2. The molecule has 184 valence electrons. The summed E-state index contributed by atoms with van der Waals surface area (Å²) in [5, 5.41) is 0. The summed E-state index contributed by atoms with van der Waals surface area (Å²) in [6.07, 6.45) is 4.83. The van der Waals surface area contributed by atoms with Gasteiger partial charge in [0, 0.05) is 37.8 Å². The summed E-state index contributed by atoms with van der Waals surface area (Å²) in [6.45, 7) is 2.39. The van der Waals surface area contributed by atoms with Crippen molar-refractivity contribution in [1.29, 1.82) is 0 Å². The van der Waals surface area contributed by atoms with Gasteiger partial charge in [0.25, 0.3) is 5.91 Å². The first-order valence-corrected chi connectivity index (χ1v) is 13.3. The minimum atomic E-state index is -3.81. The van der Waals surface area contributed by atoms with Crippen LogP contribution in [0.3, 0.4) is 0 Å². The Morgan fingerprint density at radius 2 is 1.59 bits per heavy atom. The zero-order valence-electron chi connectivity index (χ0n) is 19.8. The first-order chi connectivity index (χ1) is 16.4. The smallest absolute Gasteiger partial charge is 0.254 e. The number of sulfonamides is 1. The predicted molar refractivity (Wildman–Crippen MR) is 131 cm³/mol. The number of hydrogen-bond acceptors (Lipinski definition) is 6. The number of rotatable bonds is 7. The second kappa shape index (κ2) is 10.7. The highest BCUT2D eigenvalue weighted by atomic mass is 32.2. The van der Waals surface area contributed by atoms with Gasteiger partial charge in [-0.2, -0.15) is 0 Å². The van der Waals surface area contributed by atoms with Gasteiger partial charge in [-0.3, -0.25) is 4.79 Å². The van der Waals surface area contributed by atoms with E-state index < -0.39 is 10.0 Å². The molecule has 34 heavy (non-hydrogen) atoms. The molecule has 4 rings (SSSR count). The summed E-state index contributed by atoms with van der Waals surface area (Å²) >= 11 is 0. The summed E-state index contributed by atoms with van der Waals surface area (Å²) in [5.74, 6) is 0.857. The number of benzene rings is 2. The van der Waals surface area contributed by atoms with Crippen LogP contribution in [-0.2, 0) is 10.0 Å². The summed E-state index contributed by atoms with van der Waals surface area (Å²) in [7, 11) is -0.722. The van der Waals surface area contributed by atoms with E-state index in [2.05, 4.69) is 9.62 Å². The Balaban J connectivity index is 1.48. The fourth-order valence-electron chi connectivity index (χ4n) is 4.75. The quantitative estimate of drug-likeness (QED) is 0.645. The molecule has 1 aliphatic heterocycles. The van der Waals surface area contributed by atoms with Crippen molar-refractivity contribution in [1.82, 2.24) is 9.62 Å². The molecule has 0 radical (unpaired) electrons. The molecule has 0 unspecified atom stereocenters. The van der Waals surface area contributed by atoms with Gasteiger partial charge in [0.1, 0.15) is 16.4 Å². The van der Waals surface area contributed by atoms with Crippen LogP contribution in [0, 0.1) is 0 Å². The number of carbonyl (C=O) groups excluding carboxylic acids is 1. The number of ether oxygens (including phenoxy) is 2. The van der Waals surface area contributed by atoms with Crippen molar-refractivity contribution in [3.8, 4) is 11.5 Å². The molecule has 2 fully saturated rings. The number of amides is 1. The number of nitrogens with one attached hydrogen (secondary N) is 1. The van der Waals surface area contributed by atoms with Gasteiger partial charge in [-0.25, -0.2) is 13.1 Å². The van der Waals surface area contributed by atoms with Gasteiger partial charge in [0.15, 0.2) is 0 Å². The molecule has 9 heteroatoms. The lowest BCUT2D eigenvalue weighted by Gasteiger charge is -2.36. The lowest BCUT2D eigenvalue weighted by atomic mass is 9.96. The summed E-state index contributed by atoms with van der Waals surface area (Å²) < 4.78 is 39.9. The topological polar surface area (TPSA) is 88.2 Å². The SMILES string of the molecule is COc1ccccc1N1CCN(C(=O)c2ccc(OC)c(S(=O)(=O)NC3CCCCC3)c2)CC1. The van der Waals surface area contributed by atoms with Crippen molar-refractivity contribution in [2.24, 2.45) is 0 Å². The number of anilines is 1. The van der Waals surface area contributed by atoms with Crippen molar-refractivity contribution in [3.63, 3.8) is 0 Å². The Kier molecular flexibility index (Phi) is 7.63. The van der Waals surface area contributed by atoms with E-state index in [0.29, 0.717) is 31.7 Å². The lowest BCUT2D eigenvalue weighted by Crippen LogP contribution is -2.49. The van der Waals surface area contributed by atoms with E-state index in [0.717, 1.165) is 43.5 Å². The second-order valence-electron chi connectivity index (χ2n) is 8.77. The van der Waals surface area contributed by atoms with Gasteiger partial charge >= 0.3 is 0 Å². The number of piperazine rings is 1. The number of hydrogen-bond donors (Lipinski definition) is 1. The molecule has 0 aromatic heterocycles. The average Bonchev–Trinajstić information content (AvgIpc) is 2.88. The zero-order chi connectivity index (χ0) is 24.1. The fourth-order valence-corrected chi connectivity index (χ4v) is 6.25. The zero-order valence-corrected chi connectivity index (χ0v) is 20.6. The van der Waals surface area contributed by atoms with Crippen LogP contribution in [0.15, 0.2) is 47.4 Å². The highest BCUT2D eigenvalue weighted by Gasteiger charge is 2.28. The maximum absolute atomic E-state index is 13.3. The molecule has 1 amide bonds. The minimum absolute atomic E-state index is 0.0130. The molecule has 0 spiro atoms. The molecule has 1 saturated carbocycles. The first kappa shape index (κ1) is 24.3. The van der Waals surface area contributed by atoms with Crippen molar-refractivity contribution in [2.45, 2.75) is 43.0 Å². The third-order valence-electron chi connectivity index (χ3n) is 6.62. The molecular weight excluding hydrogens is 454 g/mol. The first-order valence-electron chi connectivity index (χ1n) is 11.8. The molecule has 0 bridgehead atoms. The molecule has 1 heterocycles. The van der Waals surface area contributed by atoms with Gasteiger partial charge in [-0.15, -0.1) is 0 Å². The Hall–Kier alpha value is -2.78. The van der Waals surface area contributed by atoms with E-state index in [-0.39, 0.29) is 22.6 Å². The van der Waals surface area contributed by atoms with Crippen LogP contribution in [-0.4, -0.2) is 65.7 Å². The van der Waals surface area contributed by atoms with Crippen molar-refractivity contribution in [3.05, 3.63) is 48.0 Å². The van der Waals surface area contributed by atoms with Crippen LogP contribution < -0.4 is 19.1 Å². The third-order valence-corrected chi connectivity index (χ3v) is 8.16. The highest BCUT2D eigenvalue weighted by Crippen LogP contribution is 2.30. The van der Waals surface area contributed by atoms with E-state index in [1.54, 1.807) is 24.1 Å². The molecule has 2 aromatic rings. The molecule has 2 aliphatic rings. The number of para-hydroxylation sites is 2. The van der Waals surface area contributed by atoms with Crippen LogP contribution in [0.2, 0.25) is 0 Å². The van der Waals surface area contributed by atoms with Crippen LogP contribution in [0.25, 0.3) is 0 Å². The maximum atomic E-state index is 13.3.